The standard InChI is InChI=1S/C23H21ClFN5O/c1-13-8-15(17-5-7-21-27-11-29-30(21)14(17)2)9-20(26-3)22(13)23(28-12-31)18-10-16(25)4-6-19(18)24/h4-12,23,26H,1-3H3,(H,28,31). The van der Waals surface area contributed by atoms with Crippen molar-refractivity contribution in [2.24, 2.45) is 0 Å². The number of hydrogen-bond acceptors (Lipinski definition) is 4. The lowest BCUT2D eigenvalue weighted by atomic mass is 9.90. The van der Waals surface area contributed by atoms with Gasteiger partial charge in [0.25, 0.3) is 0 Å². The molecule has 4 rings (SSSR count). The summed E-state index contributed by atoms with van der Waals surface area (Å²) < 4.78 is 15.8. The van der Waals surface area contributed by atoms with Crippen LogP contribution in [0.4, 0.5) is 10.1 Å². The number of nitrogens with zero attached hydrogens (tertiary/aromatic N) is 3. The van der Waals surface area contributed by atoms with E-state index in [0.29, 0.717) is 17.0 Å². The summed E-state index contributed by atoms with van der Waals surface area (Å²) in [6, 6.07) is 11.5. The fourth-order valence-corrected chi connectivity index (χ4v) is 4.22. The Labute approximate surface area is 184 Å². The summed E-state index contributed by atoms with van der Waals surface area (Å²) in [5.74, 6) is -0.422. The average Bonchev–Trinajstić information content (AvgIpc) is 3.24. The predicted octanol–water partition coefficient (Wildman–Crippen LogP) is 4.68. The molecule has 0 radical (unpaired) electrons. The highest BCUT2D eigenvalue weighted by Gasteiger charge is 2.23. The molecular formula is C23H21ClFN5O. The van der Waals surface area contributed by atoms with Gasteiger partial charge in [-0.1, -0.05) is 17.7 Å². The van der Waals surface area contributed by atoms with Crippen LogP contribution in [0, 0.1) is 19.7 Å². The Morgan fingerprint density at radius 3 is 2.71 bits per heavy atom. The fourth-order valence-electron chi connectivity index (χ4n) is 4.00. The molecular weight excluding hydrogens is 417 g/mol. The van der Waals surface area contributed by atoms with Gasteiger partial charge in [0.1, 0.15) is 12.1 Å². The molecule has 2 N–H and O–H groups in total. The molecule has 0 aliphatic heterocycles. The van der Waals surface area contributed by atoms with Crippen LogP contribution in [-0.2, 0) is 4.79 Å². The number of aromatic nitrogens is 3. The highest BCUT2D eigenvalue weighted by molar-refractivity contribution is 6.31. The van der Waals surface area contributed by atoms with Crippen LogP contribution in [0.2, 0.25) is 5.02 Å². The second-order valence-corrected chi connectivity index (χ2v) is 7.66. The van der Waals surface area contributed by atoms with Gasteiger partial charge in [-0.05, 0) is 61.4 Å². The monoisotopic (exact) mass is 437 g/mol. The number of hydrogen-bond donors (Lipinski definition) is 2. The van der Waals surface area contributed by atoms with Crippen molar-refractivity contribution in [3.63, 3.8) is 0 Å². The molecule has 31 heavy (non-hydrogen) atoms. The minimum Gasteiger partial charge on any atom is -0.388 e. The molecule has 0 bridgehead atoms. The number of carbonyl (C=O) groups excluding carboxylic acids is 1. The van der Waals surface area contributed by atoms with Gasteiger partial charge in [0, 0.05) is 40.1 Å². The lowest BCUT2D eigenvalue weighted by Gasteiger charge is -2.24. The predicted molar refractivity (Wildman–Crippen MR) is 120 cm³/mol. The maximum absolute atomic E-state index is 14.0. The van der Waals surface area contributed by atoms with E-state index in [-0.39, 0.29) is 0 Å². The number of benzene rings is 2. The minimum atomic E-state index is -0.615. The van der Waals surface area contributed by atoms with Gasteiger partial charge in [-0.2, -0.15) is 5.10 Å². The van der Waals surface area contributed by atoms with E-state index in [4.69, 9.17) is 11.6 Å². The van der Waals surface area contributed by atoms with Crippen molar-refractivity contribution in [3.8, 4) is 11.1 Å². The van der Waals surface area contributed by atoms with Crippen LogP contribution in [0.1, 0.15) is 28.4 Å². The molecule has 0 aliphatic carbocycles. The zero-order chi connectivity index (χ0) is 22.1. The Morgan fingerprint density at radius 2 is 1.97 bits per heavy atom. The maximum Gasteiger partial charge on any atom is 0.207 e. The van der Waals surface area contributed by atoms with E-state index in [0.717, 1.165) is 39.3 Å². The van der Waals surface area contributed by atoms with Gasteiger partial charge in [0.05, 0.1) is 6.04 Å². The molecule has 0 saturated heterocycles. The number of nitrogens with one attached hydrogen (secondary N) is 2. The first-order chi connectivity index (χ1) is 14.9. The molecule has 2 aromatic heterocycles. The van der Waals surface area contributed by atoms with E-state index in [1.807, 2.05) is 38.1 Å². The van der Waals surface area contributed by atoms with Crippen LogP contribution in [0.5, 0.6) is 0 Å². The van der Waals surface area contributed by atoms with Gasteiger partial charge in [0.15, 0.2) is 5.65 Å². The van der Waals surface area contributed by atoms with Crippen molar-refractivity contribution in [1.29, 1.82) is 0 Å². The quantitative estimate of drug-likeness (QED) is 0.429. The Bertz CT molecular complexity index is 1290. The van der Waals surface area contributed by atoms with Gasteiger partial charge < -0.3 is 10.6 Å². The van der Waals surface area contributed by atoms with Crippen molar-refractivity contribution >= 4 is 29.3 Å². The molecule has 1 unspecified atom stereocenters. The second-order valence-electron chi connectivity index (χ2n) is 7.25. The van der Waals surface area contributed by atoms with Crippen LogP contribution in [0.25, 0.3) is 16.8 Å². The van der Waals surface area contributed by atoms with Crippen molar-refractivity contribution in [1.82, 2.24) is 19.9 Å². The third kappa shape index (κ3) is 3.72. The summed E-state index contributed by atoms with van der Waals surface area (Å²) in [5.41, 5.74) is 6.74. The van der Waals surface area contributed by atoms with Gasteiger partial charge in [-0.3, -0.25) is 4.79 Å². The Balaban J connectivity index is 1.89. The summed E-state index contributed by atoms with van der Waals surface area (Å²) in [5, 5.41) is 10.7. The van der Waals surface area contributed by atoms with Crippen LogP contribution in [0.3, 0.4) is 0 Å². The maximum atomic E-state index is 14.0. The highest BCUT2D eigenvalue weighted by Crippen LogP contribution is 2.38. The van der Waals surface area contributed by atoms with E-state index in [1.54, 1.807) is 11.6 Å². The first-order valence-corrected chi connectivity index (χ1v) is 10.1. The van der Waals surface area contributed by atoms with Crippen LogP contribution >= 0.6 is 11.6 Å². The minimum absolute atomic E-state index is 0.374. The van der Waals surface area contributed by atoms with Gasteiger partial charge in [-0.15, -0.1) is 0 Å². The van der Waals surface area contributed by atoms with Gasteiger partial charge in [-0.25, -0.2) is 13.9 Å². The molecule has 2 heterocycles. The molecule has 1 atom stereocenters. The van der Waals surface area contributed by atoms with Crippen LogP contribution in [-0.4, -0.2) is 28.1 Å². The van der Waals surface area contributed by atoms with Crippen molar-refractivity contribution in [2.45, 2.75) is 19.9 Å². The number of amides is 1. The average molecular weight is 438 g/mol. The Morgan fingerprint density at radius 1 is 1.16 bits per heavy atom. The summed E-state index contributed by atoms with van der Waals surface area (Å²) >= 11 is 6.36. The number of fused-ring (bicyclic) bond motifs is 1. The summed E-state index contributed by atoms with van der Waals surface area (Å²) in [7, 11) is 1.81. The second kappa shape index (κ2) is 8.35. The molecule has 1 amide bonds. The zero-order valence-electron chi connectivity index (χ0n) is 17.3. The lowest BCUT2D eigenvalue weighted by molar-refractivity contribution is -0.110. The third-order valence-electron chi connectivity index (χ3n) is 5.44. The molecule has 0 spiro atoms. The van der Waals surface area contributed by atoms with E-state index in [2.05, 4.69) is 20.7 Å². The highest BCUT2D eigenvalue weighted by atomic mass is 35.5. The van der Waals surface area contributed by atoms with Crippen LogP contribution in [0.15, 0.2) is 48.8 Å². The van der Waals surface area contributed by atoms with Gasteiger partial charge in [0.2, 0.25) is 6.41 Å². The molecule has 4 aromatic rings. The molecule has 0 saturated carbocycles. The van der Waals surface area contributed by atoms with Crippen molar-refractivity contribution in [3.05, 3.63) is 82.0 Å². The summed E-state index contributed by atoms with van der Waals surface area (Å²) in [4.78, 5) is 15.6. The summed E-state index contributed by atoms with van der Waals surface area (Å²) in [6.07, 6.45) is 2.12. The lowest BCUT2D eigenvalue weighted by Crippen LogP contribution is -2.23. The first kappa shape index (κ1) is 20.8. The number of pyridine rings is 1. The summed E-state index contributed by atoms with van der Waals surface area (Å²) in [6.45, 7) is 3.94. The van der Waals surface area contributed by atoms with Crippen LogP contribution < -0.4 is 10.6 Å². The van der Waals surface area contributed by atoms with Crippen molar-refractivity contribution < 1.29 is 9.18 Å². The van der Waals surface area contributed by atoms with E-state index < -0.39 is 11.9 Å². The SMILES string of the molecule is CNc1cc(-c2ccc3ncnn3c2C)cc(C)c1C(NC=O)c1cc(F)ccc1Cl. The number of rotatable bonds is 6. The molecule has 2 aromatic carbocycles. The number of halogens is 2. The molecule has 0 fully saturated rings. The Hall–Kier alpha value is -3.45. The smallest absolute Gasteiger partial charge is 0.207 e. The van der Waals surface area contributed by atoms with Crippen molar-refractivity contribution in [2.75, 3.05) is 12.4 Å². The number of carbonyl (C=O) groups is 1. The van der Waals surface area contributed by atoms with E-state index in [1.165, 1.54) is 24.5 Å². The number of anilines is 1. The Kier molecular flexibility index (Phi) is 5.61. The molecule has 6 nitrogen and oxygen atoms in total. The third-order valence-corrected chi connectivity index (χ3v) is 5.78. The molecule has 0 aliphatic rings. The molecule has 8 heteroatoms. The van der Waals surface area contributed by atoms with E-state index >= 15 is 0 Å². The largest absolute Gasteiger partial charge is 0.388 e. The van der Waals surface area contributed by atoms with E-state index in [9.17, 15) is 9.18 Å². The first-order valence-electron chi connectivity index (χ1n) is 9.71. The number of aryl methyl sites for hydroxylation is 2. The fraction of sp³-hybridized carbons (Fsp3) is 0.174. The topological polar surface area (TPSA) is 71.3 Å². The normalized spacial score (nSPS) is 12.0. The zero-order valence-corrected chi connectivity index (χ0v) is 18.0. The van der Waals surface area contributed by atoms with Gasteiger partial charge >= 0.3 is 0 Å². The molecule has 158 valence electrons.